The smallest absolute Gasteiger partial charge is 0.225 e. The number of aliphatic hydroxyl groups is 1. The van der Waals surface area contributed by atoms with Gasteiger partial charge in [-0.05, 0) is 30.4 Å². The number of carbonyl (C=O) groups is 1. The van der Waals surface area contributed by atoms with Crippen LogP contribution in [0.5, 0.6) is 0 Å². The molecule has 1 aliphatic rings. The highest BCUT2D eigenvalue weighted by atomic mass is 32.1. The number of nitrogens with one attached hydrogen (secondary N) is 1. The summed E-state index contributed by atoms with van der Waals surface area (Å²) >= 11 is 1.57. The van der Waals surface area contributed by atoms with E-state index in [4.69, 9.17) is 4.74 Å². The topological polar surface area (TPSA) is 58.6 Å². The Morgan fingerprint density at radius 3 is 3.10 bits per heavy atom. The van der Waals surface area contributed by atoms with Crippen molar-refractivity contribution in [1.29, 1.82) is 0 Å². The Morgan fingerprint density at radius 2 is 2.33 bits per heavy atom. The van der Waals surface area contributed by atoms with Crippen LogP contribution in [0, 0.1) is 5.92 Å². The van der Waals surface area contributed by atoms with Gasteiger partial charge in [-0.2, -0.15) is 0 Å². The van der Waals surface area contributed by atoms with Crippen LogP contribution < -0.4 is 5.32 Å². The van der Waals surface area contributed by atoms with Crippen LogP contribution >= 0.6 is 11.3 Å². The van der Waals surface area contributed by atoms with Crippen molar-refractivity contribution in [3.63, 3.8) is 0 Å². The average Bonchev–Trinajstić information content (AvgIpc) is 2.97. The number of carbonyl (C=O) groups excluding carboxylic acids is 1. The highest BCUT2D eigenvalue weighted by Gasteiger charge is 2.22. The molecule has 2 atom stereocenters. The predicted molar refractivity (Wildman–Crippen MR) is 83.3 cm³/mol. The van der Waals surface area contributed by atoms with E-state index in [1.807, 2.05) is 30.3 Å². The van der Waals surface area contributed by atoms with Gasteiger partial charge in [-0.25, -0.2) is 0 Å². The Balaban J connectivity index is 1.58. The second-order valence-electron chi connectivity index (χ2n) is 5.36. The van der Waals surface area contributed by atoms with Crippen LogP contribution in [0.1, 0.15) is 23.8 Å². The molecule has 1 saturated heterocycles. The quantitative estimate of drug-likeness (QED) is 0.912. The Morgan fingerprint density at radius 1 is 1.48 bits per heavy atom. The van der Waals surface area contributed by atoms with Gasteiger partial charge in [0.05, 0.1) is 12.5 Å². The van der Waals surface area contributed by atoms with Crippen molar-refractivity contribution < 1.29 is 14.6 Å². The lowest BCUT2D eigenvalue weighted by Crippen LogP contribution is -2.37. The molecule has 1 fully saturated rings. The first-order chi connectivity index (χ1) is 10.2. The van der Waals surface area contributed by atoms with Crippen molar-refractivity contribution in [2.24, 2.45) is 5.92 Å². The molecule has 2 aromatic rings. The molecule has 2 heterocycles. The first kappa shape index (κ1) is 14.5. The normalized spacial score (nSPS) is 20.3. The fourth-order valence-corrected chi connectivity index (χ4v) is 3.61. The van der Waals surface area contributed by atoms with Crippen LogP contribution in [0.2, 0.25) is 0 Å². The molecule has 2 unspecified atom stereocenters. The van der Waals surface area contributed by atoms with E-state index >= 15 is 0 Å². The second kappa shape index (κ2) is 6.56. The maximum absolute atomic E-state index is 12.0. The van der Waals surface area contributed by atoms with Gasteiger partial charge in [-0.1, -0.05) is 18.2 Å². The number of hydrogen-bond acceptors (Lipinski definition) is 4. The molecule has 1 aromatic heterocycles. The van der Waals surface area contributed by atoms with Gasteiger partial charge < -0.3 is 15.2 Å². The van der Waals surface area contributed by atoms with E-state index in [-0.39, 0.29) is 18.4 Å². The summed E-state index contributed by atoms with van der Waals surface area (Å²) in [6.07, 6.45) is 1.14. The molecule has 112 valence electrons. The molecular formula is C16H19NO3S. The van der Waals surface area contributed by atoms with Crippen molar-refractivity contribution >= 4 is 27.3 Å². The van der Waals surface area contributed by atoms with Crippen LogP contribution in [0.25, 0.3) is 10.1 Å². The number of aliphatic hydroxyl groups excluding tert-OH is 1. The molecule has 5 heteroatoms. The molecule has 0 bridgehead atoms. The predicted octanol–water partition coefficient (Wildman–Crippen LogP) is 2.48. The van der Waals surface area contributed by atoms with Gasteiger partial charge in [0.2, 0.25) is 5.91 Å². The van der Waals surface area contributed by atoms with Gasteiger partial charge in [0.15, 0.2) is 0 Å². The molecule has 2 N–H and O–H groups in total. The molecule has 0 radical (unpaired) electrons. The SMILES string of the molecule is O=C(NCC(O)c1cc2ccccc2s1)C1CCCOC1. The zero-order chi connectivity index (χ0) is 14.7. The first-order valence-electron chi connectivity index (χ1n) is 7.26. The number of rotatable bonds is 4. The van der Waals surface area contributed by atoms with Gasteiger partial charge in [0.25, 0.3) is 0 Å². The first-order valence-corrected chi connectivity index (χ1v) is 8.07. The van der Waals surface area contributed by atoms with E-state index in [0.29, 0.717) is 6.61 Å². The summed E-state index contributed by atoms with van der Waals surface area (Å²) < 4.78 is 6.46. The number of hydrogen-bond donors (Lipinski definition) is 2. The number of thiophene rings is 1. The third-order valence-electron chi connectivity index (χ3n) is 3.77. The molecule has 1 amide bonds. The lowest BCUT2D eigenvalue weighted by Gasteiger charge is -2.21. The van der Waals surface area contributed by atoms with E-state index < -0.39 is 6.10 Å². The van der Waals surface area contributed by atoms with E-state index in [9.17, 15) is 9.90 Å². The summed E-state index contributed by atoms with van der Waals surface area (Å²) in [5, 5.41) is 14.2. The average molecular weight is 305 g/mol. The number of fused-ring (bicyclic) bond motifs is 1. The Kier molecular flexibility index (Phi) is 4.53. The highest BCUT2D eigenvalue weighted by molar-refractivity contribution is 7.19. The van der Waals surface area contributed by atoms with Gasteiger partial charge in [-0.15, -0.1) is 11.3 Å². The maximum atomic E-state index is 12.0. The summed E-state index contributed by atoms with van der Waals surface area (Å²) in [6, 6.07) is 10.0. The van der Waals surface area contributed by atoms with E-state index in [1.54, 1.807) is 11.3 Å². The van der Waals surface area contributed by atoms with Gasteiger partial charge in [-0.3, -0.25) is 4.79 Å². The third kappa shape index (κ3) is 3.43. The van der Waals surface area contributed by atoms with Crippen molar-refractivity contribution in [1.82, 2.24) is 5.32 Å². The van der Waals surface area contributed by atoms with Gasteiger partial charge >= 0.3 is 0 Å². The lowest BCUT2D eigenvalue weighted by molar-refractivity contribution is -0.129. The minimum atomic E-state index is -0.657. The van der Waals surface area contributed by atoms with Gasteiger partial charge in [0, 0.05) is 22.7 Å². The Bertz CT molecular complexity index is 586. The molecule has 1 aliphatic heterocycles. The summed E-state index contributed by atoms with van der Waals surface area (Å²) in [4.78, 5) is 12.9. The molecule has 1 aromatic carbocycles. The van der Waals surface area contributed by atoms with Crippen molar-refractivity contribution in [2.75, 3.05) is 19.8 Å². The van der Waals surface area contributed by atoms with Crippen LogP contribution in [-0.2, 0) is 9.53 Å². The van der Waals surface area contributed by atoms with Crippen LogP contribution in [-0.4, -0.2) is 30.8 Å². The van der Waals surface area contributed by atoms with Crippen molar-refractivity contribution in [3.05, 3.63) is 35.2 Å². The zero-order valence-electron chi connectivity index (χ0n) is 11.7. The number of amides is 1. The maximum Gasteiger partial charge on any atom is 0.225 e. The van der Waals surface area contributed by atoms with Crippen molar-refractivity contribution in [2.45, 2.75) is 18.9 Å². The van der Waals surface area contributed by atoms with E-state index in [0.717, 1.165) is 34.4 Å². The number of benzene rings is 1. The summed E-state index contributed by atoms with van der Waals surface area (Å²) in [6.45, 7) is 1.49. The minimum Gasteiger partial charge on any atom is -0.386 e. The van der Waals surface area contributed by atoms with Crippen LogP contribution in [0.3, 0.4) is 0 Å². The summed E-state index contributed by atoms with van der Waals surface area (Å²) in [5.74, 6) is -0.0942. The molecule has 4 nitrogen and oxygen atoms in total. The Hall–Kier alpha value is -1.43. The summed E-state index contributed by atoms with van der Waals surface area (Å²) in [7, 11) is 0. The van der Waals surface area contributed by atoms with Crippen molar-refractivity contribution in [3.8, 4) is 0 Å². The fourth-order valence-electron chi connectivity index (χ4n) is 2.56. The van der Waals surface area contributed by atoms with Crippen LogP contribution in [0.15, 0.2) is 30.3 Å². The largest absolute Gasteiger partial charge is 0.386 e. The number of ether oxygens (including phenoxy) is 1. The molecule has 0 saturated carbocycles. The molecule has 21 heavy (non-hydrogen) atoms. The minimum absolute atomic E-state index is 0.0186. The standard InChI is InChI=1S/C16H19NO3S/c18-13(9-17-16(19)12-5-3-7-20-10-12)15-8-11-4-1-2-6-14(11)21-15/h1-2,4,6,8,12-13,18H,3,5,7,9-10H2,(H,17,19). The van der Waals surface area contributed by atoms with Gasteiger partial charge in [0.1, 0.15) is 6.10 Å². The van der Waals surface area contributed by atoms with E-state index in [1.165, 1.54) is 0 Å². The zero-order valence-corrected chi connectivity index (χ0v) is 12.6. The second-order valence-corrected chi connectivity index (χ2v) is 6.48. The van der Waals surface area contributed by atoms with E-state index in [2.05, 4.69) is 5.32 Å². The Labute approximate surface area is 127 Å². The fraction of sp³-hybridized carbons (Fsp3) is 0.438. The summed E-state index contributed by atoms with van der Waals surface area (Å²) in [5.41, 5.74) is 0. The molecule has 0 spiro atoms. The third-order valence-corrected chi connectivity index (χ3v) is 4.99. The molecule has 3 rings (SSSR count). The molecule has 0 aliphatic carbocycles. The monoisotopic (exact) mass is 305 g/mol. The molecular weight excluding hydrogens is 286 g/mol. The lowest BCUT2D eigenvalue weighted by atomic mass is 10.0. The van der Waals surface area contributed by atoms with Crippen LogP contribution in [0.4, 0.5) is 0 Å². The highest BCUT2D eigenvalue weighted by Crippen LogP contribution is 2.29.